The van der Waals surface area contributed by atoms with Crippen molar-refractivity contribution in [3.8, 4) is 5.75 Å². The molecule has 26 heavy (non-hydrogen) atoms. The van der Waals surface area contributed by atoms with Crippen molar-refractivity contribution in [2.45, 2.75) is 31.5 Å². The van der Waals surface area contributed by atoms with Crippen molar-refractivity contribution in [2.24, 2.45) is 0 Å². The molecule has 4 rings (SSSR count). The van der Waals surface area contributed by atoms with Gasteiger partial charge in [0.25, 0.3) is 0 Å². The summed E-state index contributed by atoms with van der Waals surface area (Å²) in [5.74, 6) is 0.928. The summed E-state index contributed by atoms with van der Waals surface area (Å²) in [6, 6.07) is 8.05. The van der Waals surface area contributed by atoms with Crippen LogP contribution in [0.15, 0.2) is 36.7 Å². The number of rotatable bonds is 4. The minimum absolute atomic E-state index is 0.0488. The van der Waals surface area contributed by atoms with Gasteiger partial charge in [0.15, 0.2) is 0 Å². The van der Waals surface area contributed by atoms with Gasteiger partial charge in [0, 0.05) is 37.4 Å². The Bertz CT molecular complexity index is 776. The molecule has 2 saturated heterocycles. The van der Waals surface area contributed by atoms with Crippen LogP contribution in [0.25, 0.3) is 10.8 Å². The number of aromatic nitrogens is 1. The van der Waals surface area contributed by atoms with Gasteiger partial charge < -0.3 is 9.64 Å². The fourth-order valence-electron chi connectivity index (χ4n) is 3.75. The first-order valence-electron chi connectivity index (χ1n) is 9.32. The van der Waals surface area contributed by atoms with Crippen LogP contribution in [0, 0.1) is 0 Å². The third-order valence-corrected chi connectivity index (χ3v) is 5.29. The van der Waals surface area contributed by atoms with Crippen molar-refractivity contribution in [2.75, 3.05) is 32.7 Å². The van der Waals surface area contributed by atoms with Crippen molar-refractivity contribution in [1.82, 2.24) is 14.8 Å². The second-order valence-electron chi connectivity index (χ2n) is 7.20. The number of halogens is 1. The quantitative estimate of drug-likeness (QED) is 0.844. The zero-order valence-corrected chi connectivity index (χ0v) is 14.8. The fraction of sp³-hybridized carbons (Fsp3) is 0.500. The van der Waals surface area contributed by atoms with Gasteiger partial charge in [-0.25, -0.2) is 4.39 Å². The highest BCUT2D eigenvalue weighted by atomic mass is 19.1. The van der Waals surface area contributed by atoms with Crippen LogP contribution in [0.4, 0.5) is 4.39 Å². The van der Waals surface area contributed by atoms with Gasteiger partial charge in [0.2, 0.25) is 5.91 Å². The van der Waals surface area contributed by atoms with Crippen molar-refractivity contribution >= 4 is 16.7 Å². The number of ether oxygens (including phenoxy) is 1. The lowest BCUT2D eigenvalue weighted by Crippen LogP contribution is -2.44. The molecule has 0 N–H and O–H groups in total. The Morgan fingerprint density at radius 3 is 2.77 bits per heavy atom. The average Bonchev–Trinajstić information content (AvgIpc) is 3.10. The number of hydrogen-bond donors (Lipinski definition) is 0. The van der Waals surface area contributed by atoms with Gasteiger partial charge in [-0.15, -0.1) is 0 Å². The molecule has 2 aromatic rings. The van der Waals surface area contributed by atoms with Crippen molar-refractivity contribution < 1.29 is 13.9 Å². The number of hydrogen-bond acceptors (Lipinski definition) is 4. The molecule has 0 unspecified atom stereocenters. The van der Waals surface area contributed by atoms with Crippen LogP contribution in [0.1, 0.15) is 19.3 Å². The maximum absolute atomic E-state index is 13.2. The Hall–Kier alpha value is -2.21. The van der Waals surface area contributed by atoms with Crippen molar-refractivity contribution in [1.29, 1.82) is 0 Å². The van der Waals surface area contributed by atoms with Crippen LogP contribution in [0.5, 0.6) is 5.75 Å². The molecule has 0 bridgehead atoms. The molecule has 1 aromatic heterocycles. The van der Waals surface area contributed by atoms with Crippen LogP contribution < -0.4 is 4.74 Å². The lowest BCUT2D eigenvalue weighted by atomic mass is 10.1. The molecule has 0 spiro atoms. The summed E-state index contributed by atoms with van der Waals surface area (Å²) < 4.78 is 19.4. The van der Waals surface area contributed by atoms with E-state index in [-0.39, 0.29) is 18.6 Å². The second-order valence-corrected chi connectivity index (χ2v) is 7.20. The van der Waals surface area contributed by atoms with E-state index >= 15 is 0 Å². The molecule has 5 nitrogen and oxygen atoms in total. The zero-order valence-electron chi connectivity index (χ0n) is 14.8. The number of benzene rings is 1. The van der Waals surface area contributed by atoms with E-state index in [9.17, 15) is 9.18 Å². The number of carbonyl (C=O) groups is 1. The van der Waals surface area contributed by atoms with Crippen LogP contribution in [0.2, 0.25) is 0 Å². The van der Waals surface area contributed by atoms with E-state index in [1.165, 1.54) is 0 Å². The number of pyridine rings is 1. The summed E-state index contributed by atoms with van der Waals surface area (Å²) in [7, 11) is 0. The third kappa shape index (κ3) is 3.96. The van der Waals surface area contributed by atoms with Crippen molar-refractivity contribution in [3.05, 3.63) is 36.7 Å². The molecule has 138 valence electrons. The van der Waals surface area contributed by atoms with E-state index in [2.05, 4.69) is 9.88 Å². The van der Waals surface area contributed by atoms with Gasteiger partial charge in [0.05, 0.1) is 13.1 Å². The molecule has 1 aromatic carbocycles. The summed E-state index contributed by atoms with van der Waals surface area (Å²) in [6.45, 7) is 2.87. The Balaban J connectivity index is 1.27. The first kappa shape index (κ1) is 17.2. The van der Waals surface area contributed by atoms with Gasteiger partial charge in [-0.2, -0.15) is 0 Å². The highest BCUT2D eigenvalue weighted by molar-refractivity contribution is 5.82. The standard InChI is InChI=1S/C20H24FN3O2/c21-17-4-10-24(13-17)20(25)14-23-8-5-18(6-9-23)26-19-2-1-16-12-22-7-3-15(16)11-19/h1-3,7,11-12,17-18H,4-6,8-10,13-14H2/t17-/m0/s1. The molecule has 0 aliphatic carbocycles. The summed E-state index contributed by atoms with van der Waals surface area (Å²) >= 11 is 0. The highest BCUT2D eigenvalue weighted by Gasteiger charge is 2.28. The molecule has 0 radical (unpaired) electrons. The summed E-state index contributed by atoms with van der Waals surface area (Å²) in [4.78, 5) is 20.2. The first-order chi connectivity index (χ1) is 12.7. The van der Waals surface area contributed by atoms with E-state index in [0.29, 0.717) is 19.5 Å². The molecule has 2 aliphatic heterocycles. The van der Waals surface area contributed by atoms with Crippen LogP contribution >= 0.6 is 0 Å². The minimum atomic E-state index is -0.851. The monoisotopic (exact) mass is 357 g/mol. The van der Waals surface area contributed by atoms with E-state index in [1.54, 1.807) is 11.1 Å². The zero-order chi connectivity index (χ0) is 17.9. The number of piperidine rings is 1. The molecule has 1 atom stereocenters. The van der Waals surface area contributed by atoms with E-state index in [0.717, 1.165) is 42.5 Å². The molecule has 2 aliphatic rings. The fourth-order valence-corrected chi connectivity index (χ4v) is 3.75. The SMILES string of the molecule is O=C(CN1CCC(Oc2ccc3cnccc3c2)CC1)N1CC[C@H](F)C1. The third-order valence-electron chi connectivity index (χ3n) is 5.29. The maximum atomic E-state index is 13.2. The molecule has 1 amide bonds. The Morgan fingerprint density at radius 2 is 2.00 bits per heavy atom. The Labute approximate surface area is 152 Å². The lowest BCUT2D eigenvalue weighted by Gasteiger charge is -2.32. The predicted molar refractivity (Wildman–Crippen MR) is 97.9 cm³/mol. The van der Waals surface area contributed by atoms with Crippen molar-refractivity contribution in [3.63, 3.8) is 0 Å². The number of likely N-dealkylation sites (tertiary alicyclic amines) is 2. The van der Waals surface area contributed by atoms with Gasteiger partial charge in [0.1, 0.15) is 18.0 Å². The number of nitrogens with zero attached hydrogens (tertiary/aromatic N) is 3. The molecule has 2 fully saturated rings. The molecule has 0 saturated carbocycles. The summed E-state index contributed by atoms with van der Waals surface area (Å²) in [5, 5.41) is 2.22. The van der Waals surface area contributed by atoms with E-state index < -0.39 is 6.17 Å². The van der Waals surface area contributed by atoms with Crippen LogP contribution in [-0.2, 0) is 4.79 Å². The molecule has 6 heteroatoms. The van der Waals surface area contributed by atoms with E-state index in [1.807, 2.05) is 30.5 Å². The normalized spacial score (nSPS) is 22.0. The number of carbonyl (C=O) groups excluding carboxylic acids is 1. The molecular weight excluding hydrogens is 333 g/mol. The van der Waals surface area contributed by atoms with Crippen LogP contribution in [-0.4, -0.2) is 65.7 Å². The number of amides is 1. The minimum Gasteiger partial charge on any atom is -0.490 e. The van der Waals surface area contributed by atoms with Crippen LogP contribution in [0.3, 0.4) is 0 Å². The predicted octanol–water partition coefficient (Wildman–Crippen LogP) is 2.65. The smallest absolute Gasteiger partial charge is 0.236 e. The summed E-state index contributed by atoms with van der Waals surface area (Å²) in [6.07, 6.45) is 5.22. The van der Waals surface area contributed by atoms with Gasteiger partial charge in [-0.1, -0.05) is 0 Å². The van der Waals surface area contributed by atoms with Gasteiger partial charge in [-0.05, 0) is 48.9 Å². The Morgan fingerprint density at radius 1 is 1.15 bits per heavy atom. The topological polar surface area (TPSA) is 45.7 Å². The molecule has 3 heterocycles. The van der Waals surface area contributed by atoms with E-state index in [4.69, 9.17) is 4.74 Å². The molecular formula is C20H24FN3O2. The maximum Gasteiger partial charge on any atom is 0.236 e. The first-order valence-corrected chi connectivity index (χ1v) is 9.32. The average molecular weight is 357 g/mol. The summed E-state index contributed by atoms with van der Waals surface area (Å²) in [5.41, 5.74) is 0. The lowest BCUT2D eigenvalue weighted by molar-refractivity contribution is -0.132. The Kier molecular flexibility index (Phi) is 5.02. The van der Waals surface area contributed by atoms with Gasteiger partial charge >= 0.3 is 0 Å². The van der Waals surface area contributed by atoms with Gasteiger partial charge in [-0.3, -0.25) is 14.7 Å². The number of alkyl halides is 1. The second kappa shape index (κ2) is 7.58. The highest BCUT2D eigenvalue weighted by Crippen LogP contribution is 2.23. The largest absolute Gasteiger partial charge is 0.490 e. The number of fused-ring (bicyclic) bond motifs is 1.